The number of nitrogens with zero attached hydrogens (tertiary/aromatic N) is 2. The second-order valence-electron chi connectivity index (χ2n) is 4.78. The first-order valence-electron chi connectivity index (χ1n) is 6.30. The molecule has 1 amide bonds. The first-order valence-corrected chi connectivity index (χ1v) is 6.30. The van der Waals surface area contributed by atoms with Crippen molar-refractivity contribution in [1.29, 1.82) is 0 Å². The van der Waals surface area contributed by atoms with Gasteiger partial charge < -0.3 is 15.5 Å². The third-order valence-corrected chi connectivity index (χ3v) is 3.33. The molecule has 0 aliphatic carbocycles. The Bertz CT molecular complexity index is 421. The smallest absolute Gasteiger partial charge is 0.255 e. The molecule has 1 unspecified atom stereocenters. The van der Waals surface area contributed by atoms with E-state index in [1.165, 1.54) is 0 Å². The molecule has 1 saturated heterocycles. The Morgan fingerprint density at radius 3 is 3.11 bits per heavy atom. The summed E-state index contributed by atoms with van der Waals surface area (Å²) in [6, 6.07) is 3.56. The Kier molecular flexibility index (Phi) is 4.15. The molecule has 0 spiro atoms. The van der Waals surface area contributed by atoms with Crippen LogP contribution in [0.2, 0.25) is 0 Å². The fourth-order valence-corrected chi connectivity index (χ4v) is 2.31. The van der Waals surface area contributed by atoms with Crippen molar-refractivity contribution in [2.45, 2.75) is 6.42 Å². The highest BCUT2D eigenvalue weighted by molar-refractivity contribution is 5.98. The molecule has 98 valence electrons. The van der Waals surface area contributed by atoms with Crippen LogP contribution in [-0.4, -0.2) is 49.5 Å². The van der Waals surface area contributed by atoms with Crippen LogP contribution in [0.5, 0.6) is 0 Å². The Hall–Kier alpha value is -1.62. The van der Waals surface area contributed by atoms with Gasteiger partial charge in [0, 0.05) is 26.3 Å². The predicted octanol–water partition coefficient (Wildman–Crippen LogP) is 0.805. The summed E-state index contributed by atoms with van der Waals surface area (Å²) in [5.41, 5.74) is 0.603. The highest BCUT2D eigenvalue weighted by Gasteiger charge is 2.20. The van der Waals surface area contributed by atoms with E-state index in [-0.39, 0.29) is 5.91 Å². The fourth-order valence-electron chi connectivity index (χ4n) is 2.31. The lowest BCUT2D eigenvalue weighted by Crippen LogP contribution is -2.31. The minimum Gasteiger partial charge on any atom is -0.372 e. The summed E-state index contributed by atoms with van der Waals surface area (Å²) in [7, 11) is 3.88. The normalized spacial score (nSPS) is 19.8. The molecule has 2 N–H and O–H groups in total. The summed E-state index contributed by atoms with van der Waals surface area (Å²) in [5, 5.41) is 5.92. The third kappa shape index (κ3) is 2.98. The first-order chi connectivity index (χ1) is 8.70. The molecular formula is C13H20N4O. The molecule has 0 aromatic carbocycles. The molecular weight excluding hydrogens is 228 g/mol. The monoisotopic (exact) mass is 248 g/mol. The average molecular weight is 248 g/mol. The summed E-state index contributed by atoms with van der Waals surface area (Å²) in [5.74, 6) is 1.13. The van der Waals surface area contributed by atoms with Crippen LogP contribution in [0.15, 0.2) is 18.3 Å². The Morgan fingerprint density at radius 1 is 1.61 bits per heavy atom. The maximum atomic E-state index is 12.1. The van der Waals surface area contributed by atoms with Gasteiger partial charge in [0.25, 0.3) is 5.91 Å². The minimum atomic E-state index is -0.0537. The molecule has 5 nitrogen and oxygen atoms in total. The van der Waals surface area contributed by atoms with Crippen LogP contribution in [0.25, 0.3) is 0 Å². The number of pyridine rings is 1. The molecule has 1 aliphatic rings. The maximum Gasteiger partial charge on any atom is 0.255 e. The van der Waals surface area contributed by atoms with Gasteiger partial charge in [0.15, 0.2) is 0 Å². The van der Waals surface area contributed by atoms with E-state index in [1.807, 2.05) is 0 Å². The van der Waals surface area contributed by atoms with Crippen molar-refractivity contribution in [3.63, 3.8) is 0 Å². The number of anilines is 1. The second kappa shape index (κ2) is 5.82. The van der Waals surface area contributed by atoms with E-state index in [9.17, 15) is 4.79 Å². The molecule has 1 fully saturated rings. The Morgan fingerprint density at radius 2 is 2.44 bits per heavy atom. The van der Waals surface area contributed by atoms with E-state index < -0.39 is 0 Å². The zero-order chi connectivity index (χ0) is 13.0. The number of nitrogens with one attached hydrogen (secondary N) is 2. The quantitative estimate of drug-likeness (QED) is 0.827. The van der Waals surface area contributed by atoms with Crippen molar-refractivity contribution < 1.29 is 4.79 Å². The summed E-state index contributed by atoms with van der Waals surface area (Å²) < 4.78 is 0. The van der Waals surface area contributed by atoms with Crippen molar-refractivity contribution >= 4 is 11.7 Å². The van der Waals surface area contributed by atoms with Gasteiger partial charge in [0.2, 0.25) is 0 Å². The van der Waals surface area contributed by atoms with E-state index in [4.69, 9.17) is 0 Å². The van der Waals surface area contributed by atoms with Crippen LogP contribution < -0.4 is 10.6 Å². The topological polar surface area (TPSA) is 57.3 Å². The standard InChI is InChI=1S/C13H20N4O/c1-14-12-11(4-3-6-15-12)13(18)16-8-10-5-7-17(2)9-10/h3-4,6,10H,5,7-9H2,1-2H3,(H,14,15)(H,16,18). The number of aromatic nitrogens is 1. The van der Waals surface area contributed by atoms with Crippen molar-refractivity contribution in [3.8, 4) is 0 Å². The lowest BCUT2D eigenvalue weighted by atomic mass is 10.1. The molecule has 2 rings (SSSR count). The number of hydrogen-bond acceptors (Lipinski definition) is 4. The molecule has 1 aromatic rings. The molecule has 2 heterocycles. The number of carbonyl (C=O) groups excluding carboxylic acids is 1. The van der Waals surface area contributed by atoms with Crippen LogP contribution in [0.1, 0.15) is 16.8 Å². The molecule has 1 aromatic heterocycles. The lowest BCUT2D eigenvalue weighted by Gasteiger charge is -2.13. The van der Waals surface area contributed by atoms with Crippen molar-refractivity contribution in [2.75, 3.05) is 39.0 Å². The summed E-state index contributed by atoms with van der Waals surface area (Å²) in [6.07, 6.45) is 2.83. The fraction of sp³-hybridized carbons (Fsp3) is 0.538. The van der Waals surface area contributed by atoms with Gasteiger partial charge in [-0.25, -0.2) is 4.98 Å². The molecule has 5 heteroatoms. The average Bonchev–Trinajstić information content (AvgIpc) is 2.81. The largest absolute Gasteiger partial charge is 0.372 e. The van der Waals surface area contributed by atoms with Gasteiger partial charge >= 0.3 is 0 Å². The van der Waals surface area contributed by atoms with Crippen LogP contribution >= 0.6 is 0 Å². The molecule has 0 radical (unpaired) electrons. The predicted molar refractivity (Wildman–Crippen MR) is 71.7 cm³/mol. The van der Waals surface area contributed by atoms with Gasteiger partial charge in [-0.15, -0.1) is 0 Å². The minimum absolute atomic E-state index is 0.0537. The van der Waals surface area contributed by atoms with Crippen LogP contribution in [0.3, 0.4) is 0 Å². The maximum absolute atomic E-state index is 12.1. The first kappa shape index (κ1) is 12.8. The lowest BCUT2D eigenvalue weighted by molar-refractivity contribution is 0.0948. The summed E-state index contributed by atoms with van der Waals surface area (Å²) in [6.45, 7) is 2.92. The van der Waals surface area contributed by atoms with Gasteiger partial charge in [-0.2, -0.15) is 0 Å². The van der Waals surface area contributed by atoms with Crippen molar-refractivity contribution in [3.05, 3.63) is 23.9 Å². The van der Waals surface area contributed by atoms with Crippen LogP contribution in [-0.2, 0) is 0 Å². The SMILES string of the molecule is CNc1ncccc1C(=O)NCC1CCN(C)C1. The molecule has 0 saturated carbocycles. The molecule has 0 bridgehead atoms. The Labute approximate surface area is 108 Å². The zero-order valence-corrected chi connectivity index (χ0v) is 10.9. The van der Waals surface area contributed by atoms with E-state index in [0.29, 0.717) is 17.3 Å². The molecule has 1 atom stereocenters. The van der Waals surface area contributed by atoms with Crippen LogP contribution in [0, 0.1) is 5.92 Å². The second-order valence-corrected chi connectivity index (χ2v) is 4.78. The van der Waals surface area contributed by atoms with Gasteiger partial charge in [0.1, 0.15) is 5.82 Å². The van der Waals surface area contributed by atoms with E-state index in [0.717, 1.165) is 26.1 Å². The zero-order valence-electron chi connectivity index (χ0n) is 10.9. The summed E-state index contributed by atoms with van der Waals surface area (Å²) >= 11 is 0. The van der Waals surface area contributed by atoms with Gasteiger partial charge in [-0.1, -0.05) is 0 Å². The summed E-state index contributed by atoms with van der Waals surface area (Å²) in [4.78, 5) is 18.5. The van der Waals surface area contributed by atoms with Gasteiger partial charge in [-0.3, -0.25) is 4.79 Å². The molecule has 1 aliphatic heterocycles. The van der Waals surface area contributed by atoms with E-state index in [2.05, 4.69) is 27.6 Å². The van der Waals surface area contributed by atoms with Gasteiger partial charge in [0.05, 0.1) is 5.56 Å². The number of amides is 1. The van der Waals surface area contributed by atoms with Crippen LogP contribution in [0.4, 0.5) is 5.82 Å². The number of carbonyl (C=O) groups is 1. The highest BCUT2D eigenvalue weighted by atomic mass is 16.1. The highest BCUT2D eigenvalue weighted by Crippen LogP contribution is 2.14. The number of likely N-dealkylation sites (tertiary alicyclic amines) is 1. The molecule has 18 heavy (non-hydrogen) atoms. The van der Waals surface area contributed by atoms with E-state index in [1.54, 1.807) is 25.4 Å². The van der Waals surface area contributed by atoms with Crippen molar-refractivity contribution in [1.82, 2.24) is 15.2 Å². The third-order valence-electron chi connectivity index (χ3n) is 3.33. The number of rotatable bonds is 4. The number of hydrogen-bond donors (Lipinski definition) is 2. The van der Waals surface area contributed by atoms with E-state index >= 15 is 0 Å². The van der Waals surface area contributed by atoms with Crippen molar-refractivity contribution in [2.24, 2.45) is 5.92 Å². The van der Waals surface area contributed by atoms with Gasteiger partial charge in [-0.05, 0) is 38.1 Å². The Balaban J connectivity index is 1.91.